The molecule has 1 aromatic heterocycles. The Morgan fingerprint density at radius 2 is 1.88 bits per heavy atom. The second-order valence-corrected chi connectivity index (χ2v) is 4.52. The van der Waals surface area contributed by atoms with Crippen LogP contribution in [-0.4, -0.2) is 5.16 Å². The molecule has 0 saturated carbocycles. The summed E-state index contributed by atoms with van der Waals surface area (Å²) in [7, 11) is 0. The Labute approximate surface area is 95.3 Å². The van der Waals surface area contributed by atoms with E-state index >= 15 is 0 Å². The Bertz CT molecular complexity index is 513. The summed E-state index contributed by atoms with van der Waals surface area (Å²) in [6.07, 6.45) is 5.07. The molecule has 0 fully saturated rings. The summed E-state index contributed by atoms with van der Waals surface area (Å²) in [5, 5.41) is 3.93. The number of rotatable bonds is 1. The molecule has 2 aromatic rings. The maximum Gasteiger partial charge on any atom is 0.167 e. The molecule has 0 atom stereocenters. The normalized spacial score (nSPS) is 14.8. The summed E-state index contributed by atoms with van der Waals surface area (Å²) < 4.78 is 5.29. The first kappa shape index (κ1) is 9.64. The molecule has 2 nitrogen and oxygen atoms in total. The Morgan fingerprint density at radius 1 is 1.06 bits per heavy atom. The molecule has 1 aliphatic rings. The van der Waals surface area contributed by atoms with Gasteiger partial charge in [-0.2, -0.15) is 0 Å². The summed E-state index contributed by atoms with van der Waals surface area (Å²) in [5.41, 5.74) is 5.08. The fourth-order valence-electron chi connectivity index (χ4n) is 2.39. The van der Waals surface area contributed by atoms with E-state index in [0.29, 0.717) is 0 Å². The van der Waals surface area contributed by atoms with E-state index < -0.39 is 0 Å². The molecule has 2 heteroatoms. The molecule has 0 bridgehead atoms. The van der Waals surface area contributed by atoms with Crippen LogP contribution in [0.3, 0.4) is 0 Å². The maximum atomic E-state index is 5.29. The third kappa shape index (κ3) is 1.64. The summed E-state index contributed by atoms with van der Waals surface area (Å²) >= 11 is 0. The van der Waals surface area contributed by atoms with Crippen LogP contribution in [0.5, 0.6) is 0 Å². The number of fused-ring (bicyclic) bond motifs is 1. The zero-order valence-electron chi connectivity index (χ0n) is 9.49. The number of nitrogens with zero attached hydrogens (tertiary/aromatic N) is 1. The van der Waals surface area contributed by atoms with Gasteiger partial charge in [-0.05, 0) is 49.8 Å². The summed E-state index contributed by atoms with van der Waals surface area (Å²) in [6.45, 7) is 1.95. The molecular weight excluding hydrogens is 198 g/mol. The number of benzene rings is 1. The van der Waals surface area contributed by atoms with Gasteiger partial charge in [0.1, 0.15) is 0 Å². The van der Waals surface area contributed by atoms with Gasteiger partial charge < -0.3 is 4.52 Å². The van der Waals surface area contributed by atoms with Crippen LogP contribution in [-0.2, 0) is 12.8 Å². The fraction of sp³-hybridized carbons (Fsp3) is 0.357. The van der Waals surface area contributed by atoms with Gasteiger partial charge in [-0.15, -0.1) is 0 Å². The molecule has 0 spiro atoms. The largest absolute Gasteiger partial charge is 0.356 e. The van der Waals surface area contributed by atoms with E-state index in [1.807, 2.05) is 13.0 Å². The Hall–Kier alpha value is -1.57. The minimum atomic E-state index is 0.880. The van der Waals surface area contributed by atoms with Crippen LogP contribution in [0.15, 0.2) is 28.8 Å². The standard InChI is InChI=1S/C14H15NO/c1-10-8-14(16-15-10)13-7-6-11-4-2-3-5-12(11)9-13/h6-9H,2-5H2,1H3. The van der Waals surface area contributed by atoms with Crippen molar-refractivity contribution < 1.29 is 4.52 Å². The molecule has 1 heterocycles. The summed E-state index contributed by atoms with van der Waals surface area (Å²) in [6, 6.07) is 8.63. The van der Waals surface area contributed by atoms with Gasteiger partial charge in [0.05, 0.1) is 5.69 Å². The van der Waals surface area contributed by atoms with Gasteiger partial charge in [-0.25, -0.2) is 0 Å². The third-order valence-electron chi connectivity index (χ3n) is 3.26. The first-order valence-electron chi connectivity index (χ1n) is 5.88. The fourth-order valence-corrected chi connectivity index (χ4v) is 2.39. The zero-order valence-corrected chi connectivity index (χ0v) is 9.49. The van der Waals surface area contributed by atoms with Crippen molar-refractivity contribution in [3.8, 4) is 11.3 Å². The van der Waals surface area contributed by atoms with Crippen molar-refractivity contribution in [1.29, 1.82) is 0 Å². The lowest BCUT2D eigenvalue weighted by Crippen LogP contribution is -2.02. The van der Waals surface area contributed by atoms with Crippen molar-refractivity contribution in [2.24, 2.45) is 0 Å². The number of aromatic nitrogens is 1. The third-order valence-corrected chi connectivity index (χ3v) is 3.26. The smallest absolute Gasteiger partial charge is 0.167 e. The molecule has 0 N–H and O–H groups in total. The van der Waals surface area contributed by atoms with E-state index in [1.165, 1.54) is 36.8 Å². The van der Waals surface area contributed by atoms with E-state index in [1.54, 1.807) is 0 Å². The van der Waals surface area contributed by atoms with Crippen LogP contribution in [0.1, 0.15) is 29.7 Å². The van der Waals surface area contributed by atoms with E-state index in [9.17, 15) is 0 Å². The zero-order chi connectivity index (χ0) is 11.0. The van der Waals surface area contributed by atoms with Crippen LogP contribution in [0.2, 0.25) is 0 Å². The highest BCUT2D eigenvalue weighted by atomic mass is 16.5. The molecule has 1 aromatic carbocycles. The van der Waals surface area contributed by atoms with E-state index in [2.05, 4.69) is 23.4 Å². The highest BCUT2D eigenvalue weighted by molar-refractivity contribution is 5.59. The van der Waals surface area contributed by atoms with E-state index in [-0.39, 0.29) is 0 Å². The van der Waals surface area contributed by atoms with Gasteiger partial charge in [0.2, 0.25) is 0 Å². The SMILES string of the molecule is Cc1cc(-c2ccc3c(c2)CCCC3)on1. The molecule has 0 aliphatic heterocycles. The molecule has 16 heavy (non-hydrogen) atoms. The Morgan fingerprint density at radius 3 is 2.62 bits per heavy atom. The molecule has 0 saturated heterocycles. The molecule has 82 valence electrons. The number of aryl methyl sites for hydroxylation is 3. The second kappa shape index (κ2) is 3.78. The van der Waals surface area contributed by atoms with Gasteiger partial charge in [0.25, 0.3) is 0 Å². The first-order valence-corrected chi connectivity index (χ1v) is 5.88. The van der Waals surface area contributed by atoms with Crippen LogP contribution in [0.4, 0.5) is 0 Å². The van der Waals surface area contributed by atoms with E-state index in [0.717, 1.165) is 17.0 Å². The average Bonchev–Trinajstić information content (AvgIpc) is 2.75. The summed E-state index contributed by atoms with van der Waals surface area (Å²) in [5.74, 6) is 0.880. The second-order valence-electron chi connectivity index (χ2n) is 4.52. The van der Waals surface area contributed by atoms with Crippen LogP contribution < -0.4 is 0 Å². The van der Waals surface area contributed by atoms with Gasteiger partial charge >= 0.3 is 0 Å². The lowest BCUT2D eigenvalue weighted by atomic mass is 9.90. The van der Waals surface area contributed by atoms with Crippen LogP contribution in [0, 0.1) is 6.92 Å². The maximum absolute atomic E-state index is 5.29. The van der Waals surface area contributed by atoms with E-state index in [4.69, 9.17) is 4.52 Å². The lowest BCUT2D eigenvalue weighted by Gasteiger charge is -2.15. The Balaban J connectivity index is 2.02. The van der Waals surface area contributed by atoms with Crippen molar-refractivity contribution >= 4 is 0 Å². The minimum Gasteiger partial charge on any atom is -0.356 e. The highest BCUT2D eigenvalue weighted by Crippen LogP contribution is 2.27. The van der Waals surface area contributed by atoms with Gasteiger partial charge in [-0.1, -0.05) is 17.3 Å². The molecule has 0 unspecified atom stereocenters. The Kier molecular flexibility index (Phi) is 2.28. The number of hydrogen-bond donors (Lipinski definition) is 0. The average molecular weight is 213 g/mol. The summed E-state index contributed by atoms with van der Waals surface area (Å²) in [4.78, 5) is 0. The molecule has 0 radical (unpaired) electrons. The van der Waals surface area contributed by atoms with Crippen molar-refractivity contribution in [2.45, 2.75) is 32.6 Å². The predicted molar refractivity (Wildman–Crippen MR) is 63.3 cm³/mol. The van der Waals surface area contributed by atoms with Crippen molar-refractivity contribution in [1.82, 2.24) is 5.16 Å². The molecule has 3 rings (SSSR count). The van der Waals surface area contributed by atoms with Gasteiger partial charge in [0.15, 0.2) is 5.76 Å². The van der Waals surface area contributed by atoms with Crippen molar-refractivity contribution in [3.05, 3.63) is 41.1 Å². The number of hydrogen-bond acceptors (Lipinski definition) is 2. The topological polar surface area (TPSA) is 26.0 Å². The predicted octanol–water partition coefficient (Wildman–Crippen LogP) is 3.53. The molecule has 1 aliphatic carbocycles. The lowest BCUT2D eigenvalue weighted by molar-refractivity contribution is 0.427. The van der Waals surface area contributed by atoms with Gasteiger partial charge in [-0.3, -0.25) is 0 Å². The highest BCUT2D eigenvalue weighted by Gasteiger charge is 2.11. The van der Waals surface area contributed by atoms with Crippen LogP contribution >= 0.6 is 0 Å². The molecule has 0 amide bonds. The van der Waals surface area contributed by atoms with Gasteiger partial charge in [0, 0.05) is 11.6 Å². The quantitative estimate of drug-likeness (QED) is 0.724. The first-order chi connectivity index (χ1) is 7.83. The van der Waals surface area contributed by atoms with Crippen LogP contribution in [0.25, 0.3) is 11.3 Å². The molecular formula is C14H15NO. The van der Waals surface area contributed by atoms with Crippen molar-refractivity contribution in [3.63, 3.8) is 0 Å². The van der Waals surface area contributed by atoms with Crippen molar-refractivity contribution in [2.75, 3.05) is 0 Å². The monoisotopic (exact) mass is 213 g/mol. The minimum absolute atomic E-state index is 0.880.